The van der Waals surface area contributed by atoms with Gasteiger partial charge in [-0.2, -0.15) is 0 Å². The highest BCUT2D eigenvalue weighted by Gasteiger charge is 1.94. The molecule has 0 bridgehead atoms. The number of phenolic OH excluding ortho intramolecular Hbond substituents is 1. The highest BCUT2D eigenvalue weighted by Crippen LogP contribution is 2.22. The Bertz CT molecular complexity index is 225. The zero-order valence-corrected chi connectivity index (χ0v) is 7.39. The molecule has 0 aliphatic rings. The lowest BCUT2D eigenvalue weighted by Crippen LogP contribution is -1.83. The van der Waals surface area contributed by atoms with Gasteiger partial charge in [-0.3, -0.25) is 0 Å². The van der Waals surface area contributed by atoms with Gasteiger partial charge in [0.25, 0.3) is 0 Å². The summed E-state index contributed by atoms with van der Waals surface area (Å²) in [7, 11) is 0. The van der Waals surface area contributed by atoms with Crippen molar-refractivity contribution in [2.45, 2.75) is 13.8 Å². The smallest absolute Gasteiger partial charge is 0.139 e. The van der Waals surface area contributed by atoms with E-state index in [-0.39, 0.29) is 5.75 Å². The topological polar surface area (TPSA) is 46.2 Å². The molecule has 0 aromatic heterocycles. The van der Waals surface area contributed by atoms with Crippen molar-refractivity contribution in [2.75, 3.05) is 5.73 Å². The minimum Gasteiger partial charge on any atom is -0.506 e. The Kier molecular flexibility index (Phi) is 4.46. The van der Waals surface area contributed by atoms with Gasteiger partial charge in [0.05, 0.1) is 5.69 Å². The van der Waals surface area contributed by atoms with Gasteiger partial charge in [-0.05, 0) is 12.1 Å². The van der Waals surface area contributed by atoms with Crippen LogP contribution in [-0.4, -0.2) is 5.11 Å². The molecule has 1 rings (SSSR count). The molecule has 2 nitrogen and oxygen atoms in total. The highest BCUT2D eigenvalue weighted by atomic mass is 35.5. The summed E-state index contributed by atoms with van der Waals surface area (Å²) in [4.78, 5) is 0. The number of hydrogen-bond donors (Lipinski definition) is 2. The minimum absolute atomic E-state index is 0.0301. The van der Waals surface area contributed by atoms with E-state index < -0.39 is 0 Å². The van der Waals surface area contributed by atoms with Crippen LogP contribution in [0.4, 0.5) is 5.69 Å². The van der Waals surface area contributed by atoms with E-state index in [0.29, 0.717) is 10.7 Å². The molecule has 62 valence electrons. The number of halogens is 1. The summed E-state index contributed by atoms with van der Waals surface area (Å²) in [6.45, 7) is 4.00. The van der Waals surface area contributed by atoms with Gasteiger partial charge in [-0.1, -0.05) is 25.4 Å². The Morgan fingerprint density at radius 1 is 1.36 bits per heavy atom. The van der Waals surface area contributed by atoms with Crippen molar-refractivity contribution in [1.82, 2.24) is 0 Å². The molecule has 0 aliphatic heterocycles. The summed E-state index contributed by atoms with van der Waals surface area (Å²) >= 11 is 5.50. The van der Waals surface area contributed by atoms with Crippen LogP contribution in [0.25, 0.3) is 0 Å². The predicted molar refractivity (Wildman–Crippen MR) is 48.9 cm³/mol. The molecule has 0 saturated heterocycles. The minimum atomic E-state index is 0.0301. The molecule has 0 radical (unpaired) electrons. The van der Waals surface area contributed by atoms with Crippen LogP contribution in [-0.2, 0) is 0 Å². The van der Waals surface area contributed by atoms with E-state index in [4.69, 9.17) is 22.4 Å². The highest BCUT2D eigenvalue weighted by molar-refractivity contribution is 6.30. The van der Waals surface area contributed by atoms with Gasteiger partial charge in [-0.15, -0.1) is 0 Å². The number of hydrogen-bond acceptors (Lipinski definition) is 2. The molecular weight excluding hydrogens is 162 g/mol. The maximum atomic E-state index is 8.89. The lowest BCUT2D eigenvalue weighted by atomic mass is 10.3. The lowest BCUT2D eigenvalue weighted by molar-refractivity contribution is 0.478. The fourth-order valence-electron chi connectivity index (χ4n) is 0.517. The number of anilines is 1. The summed E-state index contributed by atoms with van der Waals surface area (Å²) in [5.74, 6) is 0.0301. The quantitative estimate of drug-likeness (QED) is 0.468. The van der Waals surface area contributed by atoms with Crippen molar-refractivity contribution in [1.29, 1.82) is 0 Å². The first-order chi connectivity index (χ1) is 5.20. The fraction of sp³-hybridized carbons (Fsp3) is 0.250. The van der Waals surface area contributed by atoms with Gasteiger partial charge in [0.2, 0.25) is 0 Å². The molecule has 0 atom stereocenters. The Morgan fingerprint density at radius 2 is 1.91 bits per heavy atom. The lowest BCUT2D eigenvalue weighted by Gasteiger charge is -1.95. The largest absolute Gasteiger partial charge is 0.506 e. The van der Waals surface area contributed by atoms with Gasteiger partial charge in [0.15, 0.2) is 0 Å². The van der Waals surface area contributed by atoms with Crippen LogP contribution >= 0.6 is 11.6 Å². The maximum Gasteiger partial charge on any atom is 0.139 e. The van der Waals surface area contributed by atoms with Gasteiger partial charge in [0.1, 0.15) is 5.75 Å². The van der Waals surface area contributed by atoms with Crippen molar-refractivity contribution < 1.29 is 5.11 Å². The molecular formula is C8H12ClNO. The van der Waals surface area contributed by atoms with Crippen molar-refractivity contribution in [3.8, 4) is 5.75 Å². The molecule has 3 heteroatoms. The molecule has 0 fully saturated rings. The second kappa shape index (κ2) is 4.85. The monoisotopic (exact) mass is 173 g/mol. The Labute approximate surface area is 71.6 Å². The first kappa shape index (κ1) is 10.1. The first-order valence-corrected chi connectivity index (χ1v) is 3.82. The summed E-state index contributed by atoms with van der Waals surface area (Å²) in [6.07, 6.45) is 0. The van der Waals surface area contributed by atoms with Crippen LogP contribution in [0.3, 0.4) is 0 Å². The third-order valence-corrected chi connectivity index (χ3v) is 1.23. The maximum absolute atomic E-state index is 8.89. The number of benzene rings is 1. The predicted octanol–water partition coefficient (Wildman–Crippen LogP) is 2.65. The summed E-state index contributed by atoms with van der Waals surface area (Å²) < 4.78 is 0. The summed E-state index contributed by atoms with van der Waals surface area (Å²) in [6, 6.07) is 4.57. The molecule has 0 heterocycles. The second-order valence-corrected chi connectivity index (χ2v) is 2.14. The number of nitrogens with two attached hydrogens (primary N) is 1. The van der Waals surface area contributed by atoms with Crippen LogP contribution in [0.5, 0.6) is 5.75 Å². The Hall–Kier alpha value is -0.890. The molecule has 1 aromatic rings. The van der Waals surface area contributed by atoms with Crippen LogP contribution in [0.1, 0.15) is 13.8 Å². The average Bonchev–Trinajstić information content (AvgIpc) is 2.02. The number of aromatic hydroxyl groups is 1. The van der Waals surface area contributed by atoms with Crippen molar-refractivity contribution in [3.63, 3.8) is 0 Å². The normalized spacial score (nSPS) is 8.27. The number of rotatable bonds is 0. The summed E-state index contributed by atoms with van der Waals surface area (Å²) in [5.41, 5.74) is 5.63. The van der Waals surface area contributed by atoms with Crippen molar-refractivity contribution in [2.24, 2.45) is 0 Å². The van der Waals surface area contributed by atoms with Crippen LogP contribution in [0.2, 0.25) is 5.02 Å². The molecule has 0 saturated carbocycles. The molecule has 0 spiro atoms. The zero-order valence-electron chi connectivity index (χ0n) is 6.63. The van der Waals surface area contributed by atoms with Crippen LogP contribution in [0, 0.1) is 0 Å². The van der Waals surface area contributed by atoms with E-state index in [1.165, 1.54) is 6.07 Å². The van der Waals surface area contributed by atoms with Crippen LogP contribution in [0.15, 0.2) is 18.2 Å². The fourth-order valence-corrected chi connectivity index (χ4v) is 0.683. The average molecular weight is 174 g/mol. The Morgan fingerprint density at radius 3 is 2.27 bits per heavy atom. The van der Waals surface area contributed by atoms with Gasteiger partial charge < -0.3 is 10.8 Å². The van der Waals surface area contributed by atoms with Crippen LogP contribution < -0.4 is 5.73 Å². The van der Waals surface area contributed by atoms with E-state index in [0.717, 1.165) is 0 Å². The zero-order chi connectivity index (χ0) is 8.85. The van der Waals surface area contributed by atoms with Gasteiger partial charge in [-0.25, -0.2) is 0 Å². The van der Waals surface area contributed by atoms with Crippen molar-refractivity contribution in [3.05, 3.63) is 23.2 Å². The van der Waals surface area contributed by atoms with Gasteiger partial charge in [0, 0.05) is 11.1 Å². The second-order valence-electron chi connectivity index (χ2n) is 1.70. The third kappa shape index (κ3) is 3.14. The van der Waals surface area contributed by atoms with E-state index in [9.17, 15) is 0 Å². The standard InChI is InChI=1S/C6H6ClNO.C2H6/c7-4-1-2-5(8)6(9)3-4;1-2/h1-3,9H,8H2;1-2H3. The molecule has 0 aliphatic carbocycles. The summed E-state index contributed by atoms with van der Waals surface area (Å²) in [5, 5.41) is 9.38. The molecule has 0 amide bonds. The SMILES string of the molecule is CC.Nc1ccc(Cl)cc1O. The van der Waals surface area contributed by atoms with E-state index in [1.807, 2.05) is 13.8 Å². The van der Waals surface area contributed by atoms with E-state index >= 15 is 0 Å². The molecule has 3 N–H and O–H groups in total. The van der Waals surface area contributed by atoms with E-state index in [2.05, 4.69) is 0 Å². The van der Waals surface area contributed by atoms with Crippen molar-refractivity contribution >= 4 is 17.3 Å². The van der Waals surface area contributed by atoms with Gasteiger partial charge >= 0.3 is 0 Å². The number of nitrogen functional groups attached to an aromatic ring is 1. The van der Waals surface area contributed by atoms with E-state index in [1.54, 1.807) is 12.1 Å². The molecule has 0 unspecified atom stereocenters. The third-order valence-electron chi connectivity index (χ3n) is 0.992. The Balaban J connectivity index is 0.000000461. The number of phenols is 1. The molecule has 11 heavy (non-hydrogen) atoms. The molecule has 1 aromatic carbocycles. The first-order valence-electron chi connectivity index (χ1n) is 3.44.